The standard InChI is InChI=1S/C25H31N5O5/c1-17(31)23(24(26)34)28-25(35)19-8-10-21(27-16-19)29-12-5-13-30(15-14-29)22(33)11-9-20(32)18-6-3-2-4-7-18/h2-4,6-8,10,16-17,23,31H,5,9,11-15H2,1H3,(H2,26,34)(H,28,35). The number of carbonyl (C=O) groups is 4. The lowest BCUT2D eigenvalue weighted by Crippen LogP contribution is -2.50. The summed E-state index contributed by atoms with van der Waals surface area (Å²) in [7, 11) is 0. The molecule has 3 amide bonds. The number of aliphatic hydroxyl groups excluding tert-OH is 1. The Kier molecular flexibility index (Phi) is 8.91. The summed E-state index contributed by atoms with van der Waals surface area (Å²) in [6, 6.07) is 11.0. The molecule has 1 aliphatic rings. The van der Waals surface area contributed by atoms with Crippen LogP contribution in [0.15, 0.2) is 48.7 Å². The minimum absolute atomic E-state index is 0.0423. The number of primary amides is 1. The van der Waals surface area contributed by atoms with Crippen molar-refractivity contribution in [3.05, 3.63) is 59.8 Å². The first-order chi connectivity index (χ1) is 16.8. The zero-order chi connectivity index (χ0) is 25.4. The Labute approximate surface area is 204 Å². The molecule has 4 N–H and O–H groups in total. The number of nitrogens with two attached hydrogens (primary N) is 1. The Bertz CT molecular complexity index is 1040. The molecular weight excluding hydrogens is 450 g/mol. The zero-order valence-corrected chi connectivity index (χ0v) is 19.7. The summed E-state index contributed by atoms with van der Waals surface area (Å²) < 4.78 is 0. The lowest BCUT2D eigenvalue weighted by molar-refractivity contribution is -0.131. The van der Waals surface area contributed by atoms with Gasteiger partial charge in [-0.1, -0.05) is 30.3 Å². The van der Waals surface area contributed by atoms with Gasteiger partial charge in [-0.15, -0.1) is 0 Å². The molecule has 1 saturated heterocycles. The first-order valence-electron chi connectivity index (χ1n) is 11.6. The lowest BCUT2D eigenvalue weighted by Gasteiger charge is -2.23. The molecule has 0 saturated carbocycles. The molecule has 1 aliphatic heterocycles. The van der Waals surface area contributed by atoms with Crippen molar-refractivity contribution in [3.63, 3.8) is 0 Å². The van der Waals surface area contributed by atoms with Gasteiger partial charge in [-0.25, -0.2) is 4.98 Å². The van der Waals surface area contributed by atoms with Gasteiger partial charge in [-0.2, -0.15) is 0 Å². The topological polar surface area (TPSA) is 146 Å². The molecule has 2 atom stereocenters. The van der Waals surface area contributed by atoms with Gasteiger partial charge in [0.2, 0.25) is 11.8 Å². The summed E-state index contributed by atoms with van der Waals surface area (Å²) in [5.74, 6) is -0.813. The molecule has 2 unspecified atom stereocenters. The Morgan fingerprint density at radius 1 is 1.00 bits per heavy atom. The summed E-state index contributed by atoms with van der Waals surface area (Å²) in [6.07, 6.45) is 1.38. The SMILES string of the molecule is CC(O)C(NC(=O)c1ccc(N2CCCN(C(=O)CCC(=O)c3ccccc3)CC2)nc1)C(N)=O. The van der Waals surface area contributed by atoms with E-state index >= 15 is 0 Å². The normalized spacial score (nSPS) is 15.6. The molecule has 1 aromatic carbocycles. The van der Waals surface area contributed by atoms with Crippen molar-refractivity contribution >= 4 is 29.3 Å². The third-order valence-corrected chi connectivity index (χ3v) is 5.92. The predicted molar refractivity (Wildman–Crippen MR) is 130 cm³/mol. The van der Waals surface area contributed by atoms with Crippen molar-refractivity contribution in [2.45, 2.75) is 38.3 Å². The molecule has 2 heterocycles. The van der Waals surface area contributed by atoms with Gasteiger partial charge in [0, 0.05) is 50.8 Å². The van der Waals surface area contributed by atoms with Crippen LogP contribution in [0.1, 0.15) is 46.9 Å². The summed E-state index contributed by atoms with van der Waals surface area (Å²) in [6.45, 7) is 3.74. The smallest absolute Gasteiger partial charge is 0.253 e. The molecule has 10 heteroatoms. The number of aliphatic hydroxyl groups is 1. The first-order valence-corrected chi connectivity index (χ1v) is 11.6. The number of amides is 3. The van der Waals surface area contributed by atoms with Crippen molar-refractivity contribution in [1.82, 2.24) is 15.2 Å². The minimum atomic E-state index is -1.20. The van der Waals surface area contributed by atoms with E-state index in [1.165, 1.54) is 13.1 Å². The number of Topliss-reactive ketones (excluding diaryl/α,β-unsaturated/α-hetero) is 1. The van der Waals surface area contributed by atoms with Crippen LogP contribution in [0.2, 0.25) is 0 Å². The fraction of sp³-hybridized carbons (Fsp3) is 0.400. The third kappa shape index (κ3) is 7.10. The summed E-state index contributed by atoms with van der Waals surface area (Å²) in [5, 5.41) is 12.0. The monoisotopic (exact) mass is 481 g/mol. The van der Waals surface area contributed by atoms with E-state index in [4.69, 9.17) is 5.73 Å². The van der Waals surface area contributed by atoms with E-state index < -0.39 is 24.0 Å². The van der Waals surface area contributed by atoms with Crippen molar-refractivity contribution in [1.29, 1.82) is 0 Å². The van der Waals surface area contributed by atoms with E-state index in [-0.39, 0.29) is 30.1 Å². The maximum Gasteiger partial charge on any atom is 0.253 e. The molecule has 0 radical (unpaired) electrons. The maximum atomic E-state index is 12.7. The van der Waals surface area contributed by atoms with Gasteiger partial charge in [-0.05, 0) is 25.5 Å². The van der Waals surface area contributed by atoms with E-state index in [0.717, 1.165) is 6.42 Å². The highest BCUT2D eigenvalue weighted by atomic mass is 16.3. The molecule has 0 aliphatic carbocycles. The van der Waals surface area contributed by atoms with Gasteiger partial charge in [0.1, 0.15) is 11.9 Å². The van der Waals surface area contributed by atoms with Gasteiger partial charge in [0.05, 0.1) is 11.7 Å². The number of benzene rings is 1. The maximum absolute atomic E-state index is 12.7. The number of hydrogen-bond acceptors (Lipinski definition) is 7. The number of anilines is 1. The van der Waals surface area contributed by atoms with Crippen molar-refractivity contribution in [3.8, 4) is 0 Å². The number of pyridine rings is 1. The first kappa shape index (κ1) is 25.8. The van der Waals surface area contributed by atoms with Crippen LogP contribution in [0.4, 0.5) is 5.82 Å². The van der Waals surface area contributed by atoms with Gasteiger partial charge in [-0.3, -0.25) is 19.2 Å². The van der Waals surface area contributed by atoms with Crippen LogP contribution in [-0.4, -0.2) is 76.8 Å². The average Bonchev–Trinajstić information content (AvgIpc) is 3.12. The Morgan fingerprint density at radius 2 is 1.74 bits per heavy atom. The van der Waals surface area contributed by atoms with Gasteiger partial charge < -0.3 is 26.0 Å². The second kappa shape index (κ2) is 12.1. The second-order valence-electron chi connectivity index (χ2n) is 8.51. The van der Waals surface area contributed by atoms with Gasteiger partial charge in [0.25, 0.3) is 5.91 Å². The quantitative estimate of drug-likeness (QED) is 0.448. The minimum Gasteiger partial charge on any atom is -0.391 e. The van der Waals surface area contributed by atoms with Gasteiger partial charge >= 0.3 is 0 Å². The van der Waals surface area contributed by atoms with Crippen molar-refractivity contribution in [2.75, 3.05) is 31.1 Å². The fourth-order valence-corrected chi connectivity index (χ4v) is 3.90. The van der Waals surface area contributed by atoms with Crippen LogP contribution in [0.25, 0.3) is 0 Å². The highest BCUT2D eigenvalue weighted by molar-refractivity contribution is 5.98. The number of hydrogen-bond donors (Lipinski definition) is 3. The molecule has 35 heavy (non-hydrogen) atoms. The number of nitrogens with one attached hydrogen (secondary N) is 1. The molecule has 10 nitrogen and oxygen atoms in total. The second-order valence-corrected chi connectivity index (χ2v) is 8.51. The molecule has 0 bridgehead atoms. The van der Waals surface area contributed by atoms with Crippen LogP contribution in [0, 0.1) is 0 Å². The molecule has 3 rings (SSSR count). The molecular formula is C25H31N5O5. The number of rotatable bonds is 9. The van der Waals surface area contributed by atoms with E-state index in [1.807, 2.05) is 11.0 Å². The molecule has 0 spiro atoms. The largest absolute Gasteiger partial charge is 0.391 e. The third-order valence-electron chi connectivity index (χ3n) is 5.92. The Morgan fingerprint density at radius 3 is 2.37 bits per heavy atom. The zero-order valence-electron chi connectivity index (χ0n) is 19.7. The highest BCUT2D eigenvalue weighted by Gasteiger charge is 2.24. The summed E-state index contributed by atoms with van der Waals surface area (Å²) in [5.41, 5.74) is 6.06. The average molecular weight is 482 g/mol. The van der Waals surface area contributed by atoms with E-state index in [9.17, 15) is 24.3 Å². The molecule has 186 valence electrons. The Balaban J connectivity index is 1.52. The predicted octanol–water partition coefficient (Wildman–Crippen LogP) is 0.748. The summed E-state index contributed by atoms with van der Waals surface area (Å²) in [4.78, 5) is 56.9. The Hall–Kier alpha value is -3.79. The van der Waals surface area contributed by atoms with E-state index in [2.05, 4.69) is 10.3 Å². The van der Waals surface area contributed by atoms with Crippen LogP contribution in [-0.2, 0) is 9.59 Å². The van der Waals surface area contributed by atoms with E-state index in [1.54, 1.807) is 41.3 Å². The molecule has 1 aromatic heterocycles. The number of aromatic nitrogens is 1. The van der Waals surface area contributed by atoms with Crippen LogP contribution >= 0.6 is 0 Å². The van der Waals surface area contributed by atoms with Gasteiger partial charge in [0.15, 0.2) is 5.78 Å². The molecule has 1 fully saturated rings. The van der Waals surface area contributed by atoms with Crippen molar-refractivity contribution < 1.29 is 24.3 Å². The van der Waals surface area contributed by atoms with Crippen LogP contribution in [0.3, 0.4) is 0 Å². The van der Waals surface area contributed by atoms with Crippen LogP contribution < -0.4 is 16.0 Å². The number of carbonyl (C=O) groups excluding carboxylic acids is 4. The van der Waals surface area contributed by atoms with Crippen LogP contribution in [0.5, 0.6) is 0 Å². The van der Waals surface area contributed by atoms with E-state index in [0.29, 0.717) is 37.6 Å². The fourth-order valence-electron chi connectivity index (χ4n) is 3.90. The lowest BCUT2D eigenvalue weighted by atomic mass is 10.1. The van der Waals surface area contributed by atoms with Crippen molar-refractivity contribution in [2.24, 2.45) is 5.73 Å². The summed E-state index contributed by atoms with van der Waals surface area (Å²) >= 11 is 0. The number of nitrogens with zero attached hydrogens (tertiary/aromatic N) is 3. The molecule has 2 aromatic rings. The number of ketones is 1. The highest BCUT2D eigenvalue weighted by Crippen LogP contribution is 2.16.